The molecule has 1 aliphatic rings. The van der Waals surface area contributed by atoms with Crippen LogP contribution in [-0.4, -0.2) is 16.5 Å². The van der Waals surface area contributed by atoms with Crippen LogP contribution in [0, 0.1) is 11.3 Å². The zero-order valence-electron chi connectivity index (χ0n) is 9.60. The fourth-order valence-electron chi connectivity index (χ4n) is 1.96. The van der Waals surface area contributed by atoms with Crippen LogP contribution in [0.3, 0.4) is 0 Å². The summed E-state index contributed by atoms with van der Waals surface area (Å²) in [6.07, 6.45) is 0.839. The highest BCUT2D eigenvalue weighted by Gasteiger charge is 2.17. The number of nitriles is 1. The lowest BCUT2D eigenvalue weighted by Crippen LogP contribution is -2.26. The van der Waals surface area contributed by atoms with Crippen LogP contribution in [0.25, 0.3) is 0 Å². The van der Waals surface area contributed by atoms with E-state index in [-0.39, 0.29) is 5.82 Å². The van der Waals surface area contributed by atoms with Gasteiger partial charge in [-0.3, -0.25) is 0 Å². The molecule has 0 spiro atoms. The lowest BCUT2D eigenvalue weighted by atomic mass is 10.1. The van der Waals surface area contributed by atoms with Crippen molar-refractivity contribution in [3.05, 3.63) is 34.6 Å². The van der Waals surface area contributed by atoms with E-state index in [0.717, 1.165) is 41.6 Å². The van der Waals surface area contributed by atoms with E-state index >= 15 is 0 Å². The maximum Gasteiger partial charge on any atom is 0.234 e. The molecular weight excluding hydrogens is 246 g/mol. The van der Waals surface area contributed by atoms with E-state index in [0.29, 0.717) is 0 Å². The van der Waals surface area contributed by atoms with Crippen molar-refractivity contribution < 1.29 is 0 Å². The maximum absolute atomic E-state index is 8.97. The van der Waals surface area contributed by atoms with Crippen molar-refractivity contribution in [3.8, 4) is 6.07 Å². The van der Waals surface area contributed by atoms with Crippen molar-refractivity contribution in [1.29, 1.82) is 5.26 Å². The normalized spacial score (nSPS) is 13.7. The van der Waals surface area contributed by atoms with Gasteiger partial charge < -0.3 is 10.6 Å². The van der Waals surface area contributed by atoms with Gasteiger partial charge in [0.15, 0.2) is 0 Å². The number of hydrogen-bond acceptors (Lipinski definition) is 6. The summed E-state index contributed by atoms with van der Waals surface area (Å²) in [5, 5.41) is 18.6. The third-order valence-corrected chi connectivity index (χ3v) is 3.58. The van der Waals surface area contributed by atoms with Crippen molar-refractivity contribution in [2.45, 2.75) is 13.0 Å². The average molecular weight is 257 g/mol. The minimum Gasteiger partial charge on any atom is -0.332 e. The Labute approximate surface area is 109 Å². The van der Waals surface area contributed by atoms with Crippen molar-refractivity contribution in [2.75, 3.05) is 11.9 Å². The highest BCUT2D eigenvalue weighted by atomic mass is 32.1. The van der Waals surface area contributed by atoms with E-state index in [9.17, 15) is 0 Å². The SMILES string of the molecule is N#Cc1nc2c(c(Nc3cccs3)n1)CNCC2. The fraction of sp³-hybridized carbons (Fsp3) is 0.250. The number of nitrogens with zero attached hydrogens (tertiary/aromatic N) is 3. The molecule has 3 heterocycles. The number of thiophene rings is 1. The molecule has 0 atom stereocenters. The van der Waals surface area contributed by atoms with Gasteiger partial charge in [-0.25, -0.2) is 9.97 Å². The number of rotatable bonds is 2. The molecule has 1 aliphatic heterocycles. The van der Waals surface area contributed by atoms with Gasteiger partial charge in [0.05, 0.1) is 10.7 Å². The lowest BCUT2D eigenvalue weighted by molar-refractivity contribution is 0.626. The maximum atomic E-state index is 8.97. The monoisotopic (exact) mass is 257 g/mol. The second-order valence-corrected chi connectivity index (χ2v) is 4.91. The van der Waals surface area contributed by atoms with E-state index in [1.807, 2.05) is 23.6 Å². The molecule has 90 valence electrons. The Balaban J connectivity index is 2.04. The highest BCUT2D eigenvalue weighted by molar-refractivity contribution is 7.14. The molecule has 0 unspecified atom stereocenters. The Morgan fingerprint density at radius 1 is 1.44 bits per heavy atom. The molecule has 0 radical (unpaired) electrons. The molecule has 3 rings (SSSR count). The minimum absolute atomic E-state index is 0.231. The molecule has 0 aromatic carbocycles. The summed E-state index contributed by atoms with van der Waals surface area (Å²) in [4.78, 5) is 8.54. The van der Waals surface area contributed by atoms with Gasteiger partial charge in [0.2, 0.25) is 5.82 Å². The molecule has 0 amide bonds. The molecule has 0 saturated heterocycles. The lowest BCUT2D eigenvalue weighted by Gasteiger charge is -2.19. The van der Waals surface area contributed by atoms with Crippen LogP contribution < -0.4 is 10.6 Å². The zero-order valence-corrected chi connectivity index (χ0v) is 10.4. The van der Waals surface area contributed by atoms with E-state index in [4.69, 9.17) is 5.26 Å². The zero-order chi connectivity index (χ0) is 12.4. The quantitative estimate of drug-likeness (QED) is 0.858. The molecular formula is C12H11N5S. The third kappa shape index (κ3) is 2.06. The van der Waals surface area contributed by atoms with Gasteiger partial charge in [0, 0.05) is 25.1 Å². The van der Waals surface area contributed by atoms with Gasteiger partial charge in [0.25, 0.3) is 0 Å². The van der Waals surface area contributed by atoms with Gasteiger partial charge in [-0.15, -0.1) is 11.3 Å². The number of fused-ring (bicyclic) bond motifs is 1. The number of aromatic nitrogens is 2. The predicted molar refractivity (Wildman–Crippen MR) is 69.8 cm³/mol. The molecule has 2 aromatic heterocycles. The summed E-state index contributed by atoms with van der Waals surface area (Å²) in [6, 6.07) is 5.98. The van der Waals surface area contributed by atoms with Crippen LogP contribution in [0.2, 0.25) is 0 Å². The predicted octanol–water partition coefficient (Wildman–Crippen LogP) is 1.80. The van der Waals surface area contributed by atoms with Crippen LogP contribution >= 0.6 is 11.3 Å². The van der Waals surface area contributed by atoms with E-state index in [1.54, 1.807) is 11.3 Å². The standard InChI is InChI=1S/C12H11N5S/c13-6-10-15-9-3-4-14-7-8(9)12(16-10)17-11-2-1-5-18-11/h1-2,5,14H,3-4,7H2,(H,15,16,17). The first-order valence-corrected chi connectivity index (χ1v) is 6.56. The van der Waals surface area contributed by atoms with Crippen LogP contribution in [0.1, 0.15) is 17.1 Å². The van der Waals surface area contributed by atoms with Gasteiger partial charge in [0.1, 0.15) is 11.9 Å². The molecule has 2 N–H and O–H groups in total. The van der Waals surface area contributed by atoms with Gasteiger partial charge in [-0.1, -0.05) is 0 Å². The van der Waals surface area contributed by atoms with Crippen LogP contribution in [0.15, 0.2) is 17.5 Å². The summed E-state index contributed by atoms with van der Waals surface area (Å²) < 4.78 is 0. The summed E-state index contributed by atoms with van der Waals surface area (Å²) in [5.74, 6) is 0.973. The molecule has 0 bridgehead atoms. The third-order valence-electron chi connectivity index (χ3n) is 2.80. The van der Waals surface area contributed by atoms with Crippen molar-refractivity contribution in [1.82, 2.24) is 15.3 Å². The molecule has 18 heavy (non-hydrogen) atoms. The molecule has 2 aromatic rings. The molecule has 0 aliphatic carbocycles. The summed E-state index contributed by atoms with van der Waals surface area (Å²) in [6.45, 7) is 1.64. The Bertz CT molecular complexity index is 600. The summed E-state index contributed by atoms with van der Waals surface area (Å²) >= 11 is 1.61. The highest BCUT2D eigenvalue weighted by Crippen LogP contribution is 2.25. The van der Waals surface area contributed by atoms with Crippen molar-refractivity contribution in [2.24, 2.45) is 0 Å². The second kappa shape index (κ2) is 4.72. The topological polar surface area (TPSA) is 73.6 Å². The Hall–Kier alpha value is -1.97. The fourth-order valence-corrected chi connectivity index (χ4v) is 2.58. The first kappa shape index (κ1) is 11.1. The first-order valence-electron chi connectivity index (χ1n) is 5.68. The smallest absolute Gasteiger partial charge is 0.234 e. The van der Waals surface area contributed by atoms with Crippen molar-refractivity contribution in [3.63, 3.8) is 0 Å². The van der Waals surface area contributed by atoms with E-state index in [2.05, 4.69) is 20.6 Å². The minimum atomic E-state index is 0.231. The average Bonchev–Trinajstić information content (AvgIpc) is 2.91. The van der Waals surface area contributed by atoms with Gasteiger partial charge in [-0.2, -0.15) is 5.26 Å². The van der Waals surface area contributed by atoms with Crippen LogP contribution in [0.5, 0.6) is 0 Å². The largest absolute Gasteiger partial charge is 0.332 e. The van der Waals surface area contributed by atoms with E-state index < -0.39 is 0 Å². The number of anilines is 2. The van der Waals surface area contributed by atoms with Crippen LogP contribution in [-0.2, 0) is 13.0 Å². The first-order chi connectivity index (χ1) is 8.86. The molecule has 6 heteroatoms. The number of hydrogen-bond donors (Lipinski definition) is 2. The molecule has 0 saturated carbocycles. The second-order valence-electron chi connectivity index (χ2n) is 3.96. The van der Waals surface area contributed by atoms with E-state index in [1.165, 1.54) is 0 Å². The molecule has 0 fully saturated rings. The van der Waals surface area contributed by atoms with Gasteiger partial charge >= 0.3 is 0 Å². The Morgan fingerprint density at radius 3 is 3.17 bits per heavy atom. The summed E-state index contributed by atoms with van der Waals surface area (Å²) in [5.41, 5.74) is 2.04. The number of nitrogens with one attached hydrogen (secondary N) is 2. The molecule has 5 nitrogen and oxygen atoms in total. The Kier molecular flexibility index (Phi) is 2.92. The summed E-state index contributed by atoms with van der Waals surface area (Å²) in [7, 11) is 0. The Morgan fingerprint density at radius 2 is 2.39 bits per heavy atom. The van der Waals surface area contributed by atoms with Crippen LogP contribution in [0.4, 0.5) is 10.8 Å². The van der Waals surface area contributed by atoms with Gasteiger partial charge in [-0.05, 0) is 17.5 Å². The van der Waals surface area contributed by atoms with Crippen molar-refractivity contribution >= 4 is 22.2 Å².